The third-order valence-corrected chi connectivity index (χ3v) is 2.84. The van der Waals surface area contributed by atoms with Gasteiger partial charge >= 0.3 is 0 Å². The van der Waals surface area contributed by atoms with Gasteiger partial charge in [0.15, 0.2) is 0 Å². The van der Waals surface area contributed by atoms with E-state index in [1.165, 1.54) is 12.1 Å². The van der Waals surface area contributed by atoms with E-state index in [0.29, 0.717) is 5.75 Å². The lowest BCUT2D eigenvalue weighted by atomic mass is 10.1. The molecule has 0 saturated carbocycles. The molecule has 0 aliphatic rings. The van der Waals surface area contributed by atoms with Crippen LogP contribution in [0, 0.1) is 11.6 Å². The number of aliphatic hydroxyl groups excluding tert-OH is 1. The predicted octanol–water partition coefficient (Wildman–Crippen LogP) is 2.18. The number of hydrogen-bond donors (Lipinski definition) is 2. The zero-order valence-electron chi connectivity index (χ0n) is 10.9. The molecule has 0 aliphatic heterocycles. The minimum atomic E-state index is -1.34. The van der Waals surface area contributed by atoms with Gasteiger partial charge in [0, 0.05) is 11.1 Å². The number of ether oxygens (including phenoxy) is 1. The van der Waals surface area contributed by atoms with Gasteiger partial charge in [0.1, 0.15) is 30.1 Å². The number of benzene rings is 2. The molecule has 1 amide bonds. The Bertz CT molecular complexity index is 661. The Hall–Kier alpha value is -2.47. The van der Waals surface area contributed by atoms with E-state index in [4.69, 9.17) is 10.5 Å². The van der Waals surface area contributed by atoms with Gasteiger partial charge in [0.25, 0.3) is 0 Å². The number of carbonyl (C=O) groups excluding carboxylic acids is 1. The van der Waals surface area contributed by atoms with Crippen molar-refractivity contribution in [3.05, 3.63) is 65.2 Å². The molecule has 0 saturated heterocycles. The summed E-state index contributed by atoms with van der Waals surface area (Å²) in [6.07, 6.45) is -1.34. The third kappa shape index (κ3) is 3.76. The highest BCUT2D eigenvalue weighted by molar-refractivity contribution is 5.93. The number of amides is 1. The smallest absolute Gasteiger partial charge is 0.248 e. The Labute approximate surface area is 119 Å². The zero-order valence-corrected chi connectivity index (χ0v) is 10.9. The summed E-state index contributed by atoms with van der Waals surface area (Å²) in [5, 5.41) is 9.84. The van der Waals surface area contributed by atoms with E-state index in [0.717, 1.165) is 18.2 Å². The first kappa shape index (κ1) is 14.9. The van der Waals surface area contributed by atoms with Crippen LogP contribution in [0.5, 0.6) is 5.75 Å². The van der Waals surface area contributed by atoms with Gasteiger partial charge in [-0.3, -0.25) is 4.79 Å². The molecule has 0 aromatic heterocycles. The first-order valence-corrected chi connectivity index (χ1v) is 6.13. The largest absolute Gasteiger partial charge is 0.491 e. The molecule has 0 aliphatic carbocycles. The first-order chi connectivity index (χ1) is 9.97. The molecule has 110 valence electrons. The van der Waals surface area contributed by atoms with Gasteiger partial charge in [0.05, 0.1) is 0 Å². The SMILES string of the molecule is NC(=O)c1cccc(OCC(O)c2cc(F)ccc2F)c1. The maximum atomic E-state index is 13.5. The quantitative estimate of drug-likeness (QED) is 0.887. The molecular weight excluding hydrogens is 280 g/mol. The Balaban J connectivity index is 2.07. The summed E-state index contributed by atoms with van der Waals surface area (Å²) in [5.41, 5.74) is 5.19. The van der Waals surface area contributed by atoms with Gasteiger partial charge in [-0.15, -0.1) is 0 Å². The molecular formula is C15H13F2NO3. The van der Waals surface area contributed by atoms with Crippen molar-refractivity contribution < 1.29 is 23.4 Å². The van der Waals surface area contributed by atoms with Crippen LogP contribution < -0.4 is 10.5 Å². The maximum Gasteiger partial charge on any atom is 0.248 e. The normalized spacial score (nSPS) is 12.0. The topological polar surface area (TPSA) is 72.6 Å². The number of aliphatic hydroxyl groups is 1. The van der Waals surface area contributed by atoms with E-state index in [1.54, 1.807) is 12.1 Å². The van der Waals surface area contributed by atoms with Crippen LogP contribution in [0.25, 0.3) is 0 Å². The summed E-state index contributed by atoms with van der Waals surface area (Å²) in [6.45, 7) is -0.289. The molecule has 0 bridgehead atoms. The van der Waals surface area contributed by atoms with Crippen molar-refractivity contribution in [2.45, 2.75) is 6.10 Å². The van der Waals surface area contributed by atoms with Gasteiger partial charge in [-0.25, -0.2) is 8.78 Å². The molecule has 0 heterocycles. The lowest BCUT2D eigenvalue weighted by Gasteiger charge is -2.14. The van der Waals surface area contributed by atoms with E-state index < -0.39 is 23.6 Å². The third-order valence-electron chi connectivity index (χ3n) is 2.84. The van der Waals surface area contributed by atoms with Gasteiger partial charge in [-0.05, 0) is 36.4 Å². The van der Waals surface area contributed by atoms with Crippen LogP contribution in [0.4, 0.5) is 8.78 Å². The molecule has 4 nitrogen and oxygen atoms in total. The van der Waals surface area contributed by atoms with Gasteiger partial charge in [-0.2, -0.15) is 0 Å². The summed E-state index contributed by atoms with van der Waals surface area (Å²) in [7, 11) is 0. The molecule has 1 atom stereocenters. The van der Waals surface area contributed by atoms with Crippen LogP contribution in [0.15, 0.2) is 42.5 Å². The molecule has 3 N–H and O–H groups in total. The second-order valence-corrected chi connectivity index (χ2v) is 4.38. The van der Waals surface area contributed by atoms with Crippen molar-refractivity contribution in [1.82, 2.24) is 0 Å². The molecule has 21 heavy (non-hydrogen) atoms. The highest BCUT2D eigenvalue weighted by atomic mass is 19.1. The van der Waals surface area contributed by atoms with Crippen LogP contribution in [0.2, 0.25) is 0 Å². The number of carbonyl (C=O) groups is 1. The maximum absolute atomic E-state index is 13.5. The summed E-state index contributed by atoms with van der Waals surface area (Å²) in [5.74, 6) is -1.70. The number of primary amides is 1. The van der Waals surface area contributed by atoms with Crippen molar-refractivity contribution in [2.75, 3.05) is 6.61 Å². The summed E-state index contributed by atoms with van der Waals surface area (Å²) in [4.78, 5) is 11.0. The van der Waals surface area contributed by atoms with E-state index in [9.17, 15) is 18.7 Å². The van der Waals surface area contributed by atoms with E-state index >= 15 is 0 Å². The van der Waals surface area contributed by atoms with Gasteiger partial charge in [-0.1, -0.05) is 6.07 Å². The second-order valence-electron chi connectivity index (χ2n) is 4.38. The average molecular weight is 293 g/mol. The lowest BCUT2D eigenvalue weighted by molar-refractivity contribution is 0.0996. The monoisotopic (exact) mass is 293 g/mol. The molecule has 0 radical (unpaired) electrons. The van der Waals surface area contributed by atoms with Crippen LogP contribution in [0.3, 0.4) is 0 Å². The number of rotatable bonds is 5. The zero-order chi connectivity index (χ0) is 15.4. The summed E-state index contributed by atoms with van der Waals surface area (Å²) >= 11 is 0. The highest BCUT2D eigenvalue weighted by Crippen LogP contribution is 2.20. The fraction of sp³-hybridized carbons (Fsp3) is 0.133. The van der Waals surface area contributed by atoms with Crippen LogP contribution in [-0.4, -0.2) is 17.6 Å². The number of hydrogen-bond acceptors (Lipinski definition) is 3. The Morgan fingerprint density at radius 1 is 1.24 bits per heavy atom. The van der Waals surface area contributed by atoms with E-state index in [-0.39, 0.29) is 17.7 Å². The highest BCUT2D eigenvalue weighted by Gasteiger charge is 2.15. The van der Waals surface area contributed by atoms with E-state index in [2.05, 4.69) is 0 Å². The summed E-state index contributed by atoms with van der Waals surface area (Å²) < 4.78 is 31.8. The molecule has 0 fully saturated rings. The minimum Gasteiger partial charge on any atom is -0.491 e. The Morgan fingerprint density at radius 3 is 2.71 bits per heavy atom. The van der Waals surface area contributed by atoms with Gasteiger partial charge < -0.3 is 15.6 Å². The average Bonchev–Trinajstić information content (AvgIpc) is 2.47. The molecule has 0 spiro atoms. The fourth-order valence-electron chi connectivity index (χ4n) is 1.77. The van der Waals surface area contributed by atoms with Crippen molar-refractivity contribution in [2.24, 2.45) is 5.73 Å². The fourth-order valence-corrected chi connectivity index (χ4v) is 1.77. The number of nitrogens with two attached hydrogens (primary N) is 1. The van der Waals surface area contributed by atoms with Crippen molar-refractivity contribution in [1.29, 1.82) is 0 Å². The number of halogens is 2. The standard InChI is InChI=1S/C15H13F2NO3/c16-10-4-5-13(17)12(7-10)14(19)8-21-11-3-1-2-9(6-11)15(18)20/h1-7,14,19H,8H2,(H2,18,20). The van der Waals surface area contributed by atoms with Gasteiger partial charge in [0.2, 0.25) is 5.91 Å². The molecule has 2 rings (SSSR count). The minimum absolute atomic E-state index is 0.193. The summed E-state index contributed by atoms with van der Waals surface area (Å²) in [6, 6.07) is 8.83. The Kier molecular flexibility index (Phi) is 4.49. The predicted molar refractivity (Wildman–Crippen MR) is 71.8 cm³/mol. The van der Waals surface area contributed by atoms with E-state index in [1.807, 2.05) is 0 Å². The first-order valence-electron chi connectivity index (χ1n) is 6.13. The molecule has 2 aromatic rings. The van der Waals surface area contributed by atoms with Crippen molar-refractivity contribution in [3.63, 3.8) is 0 Å². The molecule has 1 unspecified atom stereocenters. The lowest BCUT2D eigenvalue weighted by Crippen LogP contribution is -2.13. The van der Waals surface area contributed by atoms with Crippen molar-refractivity contribution >= 4 is 5.91 Å². The molecule has 2 aromatic carbocycles. The van der Waals surface area contributed by atoms with Crippen LogP contribution >= 0.6 is 0 Å². The van der Waals surface area contributed by atoms with Crippen LogP contribution in [0.1, 0.15) is 22.0 Å². The Morgan fingerprint density at radius 2 is 2.00 bits per heavy atom. The van der Waals surface area contributed by atoms with Crippen molar-refractivity contribution in [3.8, 4) is 5.75 Å². The molecule has 6 heteroatoms. The van der Waals surface area contributed by atoms with Crippen LogP contribution in [-0.2, 0) is 0 Å². The second kappa shape index (κ2) is 6.32.